The van der Waals surface area contributed by atoms with Gasteiger partial charge < -0.3 is 4.74 Å². The largest absolute Gasteiger partial charge is 0.489 e. The second-order valence-electron chi connectivity index (χ2n) is 3.23. The van der Waals surface area contributed by atoms with Gasteiger partial charge in [-0.25, -0.2) is 4.39 Å². The number of rotatable bonds is 3. The molecule has 1 unspecified atom stereocenters. The third kappa shape index (κ3) is 3.57. The Hall–Kier alpha value is -1.36. The predicted molar refractivity (Wildman–Crippen MR) is 54.7 cm³/mol. The van der Waals surface area contributed by atoms with Crippen molar-refractivity contribution in [2.24, 2.45) is 5.92 Å². The SMILES string of the molecule is N#CC(COc1cc(Br)cc(F)c1F)C(F)(F)F. The molecule has 1 aromatic rings. The highest BCUT2D eigenvalue weighted by atomic mass is 79.9. The van der Waals surface area contributed by atoms with Gasteiger partial charge in [-0.2, -0.15) is 22.8 Å². The second-order valence-corrected chi connectivity index (χ2v) is 4.15. The lowest BCUT2D eigenvalue weighted by molar-refractivity contribution is -0.165. The molecule has 0 fully saturated rings. The molecule has 0 spiro atoms. The summed E-state index contributed by atoms with van der Waals surface area (Å²) in [4.78, 5) is 0. The maximum Gasteiger partial charge on any atom is 0.407 e. The van der Waals surface area contributed by atoms with Crippen molar-refractivity contribution in [3.63, 3.8) is 0 Å². The summed E-state index contributed by atoms with van der Waals surface area (Å²) in [6, 6.07) is 2.76. The Morgan fingerprint density at radius 3 is 2.44 bits per heavy atom. The Labute approximate surface area is 107 Å². The maximum atomic E-state index is 13.1. The molecule has 0 heterocycles. The van der Waals surface area contributed by atoms with Crippen LogP contribution in [0.15, 0.2) is 16.6 Å². The first-order valence-corrected chi connectivity index (χ1v) is 5.28. The normalized spacial score (nSPS) is 12.9. The van der Waals surface area contributed by atoms with Crippen molar-refractivity contribution in [1.82, 2.24) is 0 Å². The fourth-order valence-corrected chi connectivity index (χ4v) is 1.42. The molecule has 0 aliphatic rings. The van der Waals surface area contributed by atoms with Gasteiger partial charge in [-0.05, 0) is 12.1 Å². The van der Waals surface area contributed by atoms with Crippen LogP contribution in [0.2, 0.25) is 0 Å². The molecule has 8 heteroatoms. The van der Waals surface area contributed by atoms with E-state index in [4.69, 9.17) is 5.26 Å². The van der Waals surface area contributed by atoms with Crippen LogP contribution in [0.3, 0.4) is 0 Å². The van der Waals surface area contributed by atoms with Gasteiger partial charge in [0.25, 0.3) is 0 Å². The Balaban J connectivity index is 2.84. The highest BCUT2D eigenvalue weighted by Gasteiger charge is 2.40. The van der Waals surface area contributed by atoms with Gasteiger partial charge >= 0.3 is 6.18 Å². The summed E-state index contributed by atoms with van der Waals surface area (Å²) in [5, 5.41) is 8.29. The molecule has 0 aliphatic heterocycles. The van der Waals surface area contributed by atoms with Crippen molar-refractivity contribution in [1.29, 1.82) is 5.26 Å². The van der Waals surface area contributed by atoms with Gasteiger partial charge in [0, 0.05) is 4.47 Å². The molecule has 0 bridgehead atoms. The Bertz CT molecular complexity index is 482. The average molecular weight is 330 g/mol. The molecular weight excluding hydrogens is 325 g/mol. The molecule has 0 N–H and O–H groups in total. The van der Waals surface area contributed by atoms with Crippen LogP contribution in [0, 0.1) is 28.9 Å². The number of hydrogen-bond acceptors (Lipinski definition) is 2. The van der Waals surface area contributed by atoms with E-state index in [9.17, 15) is 22.0 Å². The van der Waals surface area contributed by atoms with E-state index in [0.29, 0.717) is 0 Å². The molecule has 1 atom stereocenters. The average Bonchev–Trinajstić information content (AvgIpc) is 2.23. The van der Waals surface area contributed by atoms with Gasteiger partial charge in [-0.15, -0.1) is 0 Å². The predicted octanol–water partition coefficient (Wildman–Crippen LogP) is 3.81. The number of halogens is 6. The highest BCUT2D eigenvalue weighted by molar-refractivity contribution is 9.10. The van der Waals surface area contributed by atoms with Crippen molar-refractivity contribution < 1.29 is 26.7 Å². The molecule has 98 valence electrons. The summed E-state index contributed by atoms with van der Waals surface area (Å²) in [6.45, 7) is -1.10. The number of nitriles is 1. The van der Waals surface area contributed by atoms with Crippen molar-refractivity contribution in [2.45, 2.75) is 6.18 Å². The number of ether oxygens (including phenoxy) is 1. The van der Waals surface area contributed by atoms with E-state index in [-0.39, 0.29) is 4.47 Å². The standard InChI is InChI=1S/C10H5BrF5NO/c11-6-1-7(12)9(13)8(2-6)18-4-5(3-17)10(14,15)16/h1-2,5H,4H2. The van der Waals surface area contributed by atoms with E-state index in [2.05, 4.69) is 20.7 Å². The maximum absolute atomic E-state index is 13.1. The lowest BCUT2D eigenvalue weighted by atomic mass is 10.2. The topological polar surface area (TPSA) is 33.0 Å². The zero-order chi connectivity index (χ0) is 13.9. The minimum absolute atomic E-state index is 0.108. The van der Waals surface area contributed by atoms with E-state index in [1.807, 2.05) is 0 Å². The van der Waals surface area contributed by atoms with Crippen molar-refractivity contribution >= 4 is 15.9 Å². The van der Waals surface area contributed by atoms with Crippen LogP contribution < -0.4 is 4.74 Å². The van der Waals surface area contributed by atoms with Gasteiger partial charge in [0.05, 0.1) is 6.07 Å². The zero-order valence-electron chi connectivity index (χ0n) is 8.56. The van der Waals surface area contributed by atoms with E-state index in [1.165, 1.54) is 0 Å². The number of benzene rings is 1. The van der Waals surface area contributed by atoms with Crippen LogP contribution in [-0.2, 0) is 0 Å². The molecule has 0 amide bonds. The number of alkyl halides is 3. The molecule has 18 heavy (non-hydrogen) atoms. The minimum Gasteiger partial charge on any atom is -0.489 e. The van der Waals surface area contributed by atoms with Gasteiger partial charge in [-0.1, -0.05) is 15.9 Å². The first kappa shape index (κ1) is 14.7. The Morgan fingerprint density at radius 2 is 1.94 bits per heavy atom. The van der Waals surface area contributed by atoms with Crippen molar-refractivity contribution in [2.75, 3.05) is 6.61 Å². The van der Waals surface area contributed by atoms with E-state index >= 15 is 0 Å². The smallest absolute Gasteiger partial charge is 0.407 e. The number of nitrogens with zero attached hydrogens (tertiary/aromatic N) is 1. The lowest BCUT2D eigenvalue weighted by Crippen LogP contribution is -2.27. The van der Waals surface area contributed by atoms with E-state index < -0.39 is 36.1 Å². The van der Waals surface area contributed by atoms with Crippen molar-refractivity contribution in [3.05, 3.63) is 28.2 Å². The fourth-order valence-electron chi connectivity index (χ4n) is 1.02. The summed E-state index contributed by atoms with van der Waals surface area (Å²) in [6.07, 6.45) is -4.78. The molecule has 0 saturated heterocycles. The highest BCUT2D eigenvalue weighted by Crippen LogP contribution is 2.29. The first-order valence-electron chi connectivity index (χ1n) is 4.49. The third-order valence-corrected chi connectivity index (χ3v) is 2.37. The monoisotopic (exact) mass is 329 g/mol. The molecule has 1 aromatic carbocycles. The second kappa shape index (κ2) is 5.52. The number of hydrogen-bond donors (Lipinski definition) is 0. The molecular formula is C10H5BrF5NO. The summed E-state index contributed by atoms with van der Waals surface area (Å²) in [5.74, 6) is -5.76. The van der Waals surface area contributed by atoms with Crippen LogP contribution in [0.25, 0.3) is 0 Å². The first-order chi connectivity index (χ1) is 8.25. The molecule has 0 radical (unpaired) electrons. The molecule has 0 saturated carbocycles. The van der Waals surface area contributed by atoms with Crippen LogP contribution >= 0.6 is 15.9 Å². The van der Waals surface area contributed by atoms with Crippen molar-refractivity contribution in [3.8, 4) is 11.8 Å². The quantitative estimate of drug-likeness (QED) is 0.624. The minimum atomic E-state index is -4.78. The lowest BCUT2D eigenvalue weighted by Gasteiger charge is -2.14. The summed E-state index contributed by atoms with van der Waals surface area (Å²) in [5.41, 5.74) is 0. The van der Waals surface area contributed by atoms with Crippen LogP contribution in [0.1, 0.15) is 0 Å². The Kier molecular flexibility index (Phi) is 4.51. The molecule has 0 aromatic heterocycles. The summed E-state index contributed by atoms with van der Waals surface area (Å²) in [7, 11) is 0. The van der Waals surface area contributed by atoms with E-state index in [0.717, 1.165) is 18.2 Å². The molecule has 0 aliphatic carbocycles. The summed E-state index contributed by atoms with van der Waals surface area (Å²) >= 11 is 2.84. The van der Waals surface area contributed by atoms with Crippen LogP contribution in [0.5, 0.6) is 5.75 Å². The molecule has 2 nitrogen and oxygen atoms in total. The van der Waals surface area contributed by atoms with Gasteiger partial charge in [0.15, 0.2) is 17.5 Å². The van der Waals surface area contributed by atoms with Gasteiger partial charge in [-0.3, -0.25) is 0 Å². The molecule has 1 rings (SSSR count). The van der Waals surface area contributed by atoms with E-state index in [1.54, 1.807) is 0 Å². The van der Waals surface area contributed by atoms with Crippen LogP contribution in [-0.4, -0.2) is 12.8 Å². The summed E-state index contributed by atoms with van der Waals surface area (Å²) < 4.78 is 67.3. The zero-order valence-corrected chi connectivity index (χ0v) is 10.1. The van der Waals surface area contributed by atoms with Gasteiger partial charge in [0.1, 0.15) is 6.61 Å². The fraction of sp³-hybridized carbons (Fsp3) is 0.300. The van der Waals surface area contributed by atoms with Crippen LogP contribution in [0.4, 0.5) is 22.0 Å². The Morgan fingerprint density at radius 1 is 1.33 bits per heavy atom. The van der Waals surface area contributed by atoms with Gasteiger partial charge in [0.2, 0.25) is 5.82 Å². The third-order valence-electron chi connectivity index (χ3n) is 1.92.